The van der Waals surface area contributed by atoms with Crippen molar-refractivity contribution in [3.63, 3.8) is 0 Å². The summed E-state index contributed by atoms with van der Waals surface area (Å²) in [5.74, 6) is -0.989. The van der Waals surface area contributed by atoms with Gasteiger partial charge in [-0.2, -0.15) is 0 Å². The first-order chi connectivity index (χ1) is 10.1. The van der Waals surface area contributed by atoms with Crippen LogP contribution in [0.3, 0.4) is 0 Å². The number of morpholine rings is 1. The van der Waals surface area contributed by atoms with Gasteiger partial charge in [-0.1, -0.05) is 5.16 Å². The maximum Gasteiger partial charge on any atom is 0.254 e. The number of hydrogen-bond donors (Lipinski definition) is 2. The third-order valence-corrected chi connectivity index (χ3v) is 3.20. The number of methoxy groups -OCH3 is 1. The van der Waals surface area contributed by atoms with E-state index in [1.165, 1.54) is 24.1 Å². The molecule has 1 aromatic rings. The normalized spacial score (nSPS) is 19.4. The van der Waals surface area contributed by atoms with E-state index in [-0.39, 0.29) is 36.2 Å². The van der Waals surface area contributed by atoms with Gasteiger partial charge >= 0.3 is 0 Å². The molecule has 8 heteroatoms. The van der Waals surface area contributed by atoms with E-state index in [0.717, 1.165) is 6.07 Å². The standard InChI is InChI=1S/C13H16FN3O4/c1-20-10-3-2-8(6-9(10)14)13(18)17-4-5-21-11(7-17)12(15)16-19/h2-3,6,11,19H,4-5,7H2,1H3,(H2,15,16). The van der Waals surface area contributed by atoms with E-state index in [0.29, 0.717) is 6.54 Å². The monoisotopic (exact) mass is 297 g/mol. The van der Waals surface area contributed by atoms with Gasteiger partial charge in [0.25, 0.3) is 5.91 Å². The van der Waals surface area contributed by atoms with Crippen molar-refractivity contribution in [2.24, 2.45) is 10.9 Å². The predicted octanol–water partition coefficient (Wildman–Crippen LogP) is 0.422. The van der Waals surface area contributed by atoms with E-state index in [1.54, 1.807) is 0 Å². The van der Waals surface area contributed by atoms with Crippen LogP contribution in [0.25, 0.3) is 0 Å². The van der Waals surface area contributed by atoms with Crippen molar-refractivity contribution < 1.29 is 23.9 Å². The summed E-state index contributed by atoms with van der Waals surface area (Å²) >= 11 is 0. The Morgan fingerprint density at radius 1 is 1.62 bits per heavy atom. The van der Waals surface area contributed by atoms with Gasteiger partial charge in [0.2, 0.25) is 0 Å². The van der Waals surface area contributed by atoms with Crippen molar-refractivity contribution in [2.75, 3.05) is 26.8 Å². The van der Waals surface area contributed by atoms with Crippen molar-refractivity contribution >= 4 is 11.7 Å². The number of amides is 1. The zero-order valence-corrected chi connectivity index (χ0v) is 11.5. The van der Waals surface area contributed by atoms with Gasteiger partial charge in [0, 0.05) is 12.1 Å². The maximum absolute atomic E-state index is 13.6. The molecule has 1 atom stereocenters. The van der Waals surface area contributed by atoms with Crippen LogP contribution in [0, 0.1) is 5.82 Å². The summed E-state index contributed by atoms with van der Waals surface area (Å²) in [7, 11) is 1.35. The Morgan fingerprint density at radius 2 is 2.38 bits per heavy atom. The molecule has 0 aromatic heterocycles. The number of benzene rings is 1. The fourth-order valence-electron chi connectivity index (χ4n) is 2.06. The molecule has 1 fully saturated rings. The molecule has 0 radical (unpaired) electrons. The van der Waals surface area contributed by atoms with Crippen molar-refractivity contribution in [1.82, 2.24) is 4.90 Å². The molecule has 2 rings (SSSR count). The van der Waals surface area contributed by atoms with Crippen LogP contribution < -0.4 is 10.5 Å². The highest BCUT2D eigenvalue weighted by Gasteiger charge is 2.28. The highest BCUT2D eigenvalue weighted by atomic mass is 19.1. The van der Waals surface area contributed by atoms with Gasteiger partial charge in [-0.3, -0.25) is 4.79 Å². The molecular weight excluding hydrogens is 281 g/mol. The molecule has 1 aromatic carbocycles. The van der Waals surface area contributed by atoms with E-state index >= 15 is 0 Å². The minimum absolute atomic E-state index is 0.0723. The molecule has 21 heavy (non-hydrogen) atoms. The lowest BCUT2D eigenvalue weighted by Gasteiger charge is -2.32. The van der Waals surface area contributed by atoms with E-state index in [2.05, 4.69) is 5.16 Å². The van der Waals surface area contributed by atoms with Crippen LogP contribution in [0.4, 0.5) is 4.39 Å². The number of nitrogens with two attached hydrogens (primary N) is 1. The highest BCUT2D eigenvalue weighted by Crippen LogP contribution is 2.19. The third kappa shape index (κ3) is 3.22. The topological polar surface area (TPSA) is 97.4 Å². The second kappa shape index (κ2) is 6.40. The Labute approximate surface area is 120 Å². The fourth-order valence-corrected chi connectivity index (χ4v) is 2.06. The SMILES string of the molecule is COc1ccc(C(=O)N2CCOC(C(N)=NO)C2)cc1F. The Hall–Kier alpha value is -2.35. The van der Waals surface area contributed by atoms with Gasteiger partial charge in [-0.05, 0) is 18.2 Å². The first kappa shape index (κ1) is 15.0. The Kier molecular flexibility index (Phi) is 4.59. The molecule has 0 bridgehead atoms. The molecule has 1 saturated heterocycles. The van der Waals surface area contributed by atoms with Crippen LogP contribution in [-0.2, 0) is 4.74 Å². The lowest BCUT2D eigenvalue weighted by molar-refractivity contribution is 0.00673. The summed E-state index contributed by atoms with van der Waals surface area (Å²) in [5.41, 5.74) is 5.67. The lowest BCUT2D eigenvalue weighted by atomic mass is 10.1. The molecule has 1 aliphatic heterocycles. The largest absolute Gasteiger partial charge is 0.494 e. The number of oxime groups is 1. The average molecular weight is 297 g/mol. The van der Waals surface area contributed by atoms with E-state index in [9.17, 15) is 9.18 Å². The van der Waals surface area contributed by atoms with Gasteiger partial charge in [0.1, 0.15) is 6.10 Å². The van der Waals surface area contributed by atoms with Gasteiger partial charge in [0.05, 0.1) is 20.3 Å². The van der Waals surface area contributed by atoms with Crippen LogP contribution in [0.2, 0.25) is 0 Å². The number of carbonyl (C=O) groups is 1. The molecule has 1 aliphatic rings. The summed E-state index contributed by atoms with van der Waals surface area (Å²) in [6, 6.07) is 4.00. The number of hydrogen-bond acceptors (Lipinski definition) is 5. The second-order valence-corrected chi connectivity index (χ2v) is 4.48. The molecule has 0 saturated carbocycles. The van der Waals surface area contributed by atoms with Gasteiger partial charge in [-0.15, -0.1) is 0 Å². The quantitative estimate of drug-likeness (QED) is 0.365. The number of nitrogens with zero attached hydrogens (tertiary/aromatic N) is 2. The predicted molar refractivity (Wildman–Crippen MR) is 72.0 cm³/mol. The molecule has 1 unspecified atom stereocenters. The molecule has 0 spiro atoms. The Morgan fingerprint density at radius 3 is 3.00 bits per heavy atom. The van der Waals surface area contributed by atoms with Crippen molar-refractivity contribution in [2.45, 2.75) is 6.10 Å². The first-order valence-electron chi connectivity index (χ1n) is 6.28. The zero-order chi connectivity index (χ0) is 15.4. The third-order valence-electron chi connectivity index (χ3n) is 3.20. The van der Waals surface area contributed by atoms with E-state index < -0.39 is 11.9 Å². The number of carbonyl (C=O) groups excluding carboxylic acids is 1. The van der Waals surface area contributed by atoms with Crippen LogP contribution in [0.5, 0.6) is 5.75 Å². The van der Waals surface area contributed by atoms with Crippen LogP contribution in [-0.4, -0.2) is 54.8 Å². The summed E-state index contributed by atoms with van der Waals surface area (Å²) in [4.78, 5) is 13.8. The molecule has 3 N–H and O–H groups in total. The highest BCUT2D eigenvalue weighted by molar-refractivity contribution is 5.95. The number of amidine groups is 1. The maximum atomic E-state index is 13.6. The molecule has 114 valence electrons. The van der Waals surface area contributed by atoms with Crippen molar-refractivity contribution in [3.05, 3.63) is 29.6 Å². The summed E-state index contributed by atoms with van der Waals surface area (Å²) < 4.78 is 23.8. The van der Waals surface area contributed by atoms with Crippen LogP contribution in [0.15, 0.2) is 23.4 Å². The van der Waals surface area contributed by atoms with Gasteiger partial charge < -0.3 is 25.3 Å². The van der Waals surface area contributed by atoms with Crippen LogP contribution in [0.1, 0.15) is 10.4 Å². The van der Waals surface area contributed by atoms with Gasteiger partial charge in [0.15, 0.2) is 17.4 Å². The molecule has 7 nitrogen and oxygen atoms in total. The fraction of sp³-hybridized carbons (Fsp3) is 0.385. The first-order valence-corrected chi connectivity index (χ1v) is 6.28. The van der Waals surface area contributed by atoms with Crippen molar-refractivity contribution in [3.8, 4) is 5.75 Å². The average Bonchev–Trinajstić information content (AvgIpc) is 2.53. The van der Waals surface area contributed by atoms with Gasteiger partial charge in [-0.25, -0.2) is 4.39 Å². The minimum Gasteiger partial charge on any atom is -0.494 e. The van der Waals surface area contributed by atoms with E-state index in [1.807, 2.05) is 0 Å². The van der Waals surface area contributed by atoms with Crippen LogP contribution >= 0.6 is 0 Å². The zero-order valence-electron chi connectivity index (χ0n) is 11.5. The molecule has 1 heterocycles. The Bertz CT molecular complexity index is 564. The lowest BCUT2D eigenvalue weighted by Crippen LogP contribution is -2.50. The molecule has 0 aliphatic carbocycles. The summed E-state index contributed by atoms with van der Waals surface area (Å²) in [6.45, 7) is 0.745. The number of rotatable bonds is 3. The molecular formula is C13H16FN3O4. The number of ether oxygens (including phenoxy) is 2. The second-order valence-electron chi connectivity index (χ2n) is 4.48. The summed E-state index contributed by atoms with van der Waals surface area (Å²) in [6.07, 6.45) is -0.671. The smallest absolute Gasteiger partial charge is 0.254 e. The molecule has 1 amide bonds. The number of halogens is 1. The Balaban J connectivity index is 2.14. The summed E-state index contributed by atoms with van der Waals surface area (Å²) in [5, 5.41) is 11.5. The minimum atomic E-state index is -0.671. The van der Waals surface area contributed by atoms with E-state index in [4.69, 9.17) is 20.4 Å². The van der Waals surface area contributed by atoms with Crippen molar-refractivity contribution in [1.29, 1.82) is 0 Å².